The van der Waals surface area contributed by atoms with E-state index in [4.69, 9.17) is 0 Å². The smallest absolute Gasteiger partial charge is 0.0164 e. The van der Waals surface area contributed by atoms with Crippen LogP contribution in [0.1, 0.15) is 24.5 Å². The molecule has 25 heavy (non-hydrogen) atoms. The van der Waals surface area contributed by atoms with Crippen LogP contribution in [0.3, 0.4) is 0 Å². The molecule has 5 rings (SSSR count). The van der Waals surface area contributed by atoms with E-state index in [9.17, 15) is 0 Å². The van der Waals surface area contributed by atoms with Crippen molar-refractivity contribution in [1.29, 1.82) is 0 Å². The Labute approximate surface area is 148 Å². The van der Waals surface area contributed by atoms with Crippen LogP contribution >= 0.6 is 0 Å². The molecule has 0 fully saturated rings. The highest BCUT2D eigenvalue weighted by Crippen LogP contribution is 2.40. The maximum atomic E-state index is 2.36. The molecule has 0 spiro atoms. The summed E-state index contributed by atoms with van der Waals surface area (Å²) in [6.45, 7) is 2.22. The number of fused-ring (bicyclic) bond motifs is 4. The molecule has 4 aromatic carbocycles. The van der Waals surface area contributed by atoms with Gasteiger partial charge in [0.2, 0.25) is 0 Å². The molecular weight excluding hydrogens is 300 g/mol. The van der Waals surface area contributed by atoms with Gasteiger partial charge in [0, 0.05) is 6.42 Å². The lowest BCUT2D eigenvalue weighted by Crippen LogP contribution is -1.89. The first-order valence-electron chi connectivity index (χ1n) is 8.94. The average molecular weight is 319 g/mol. The highest BCUT2D eigenvalue weighted by molar-refractivity contribution is 6.14. The van der Waals surface area contributed by atoms with E-state index >= 15 is 0 Å². The van der Waals surface area contributed by atoms with Crippen LogP contribution < -0.4 is 0 Å². The van der Waals surface area contributed by atoms with E-state index in [0.29, 0.717) is 0 Å². The third-order valence-electron chi connectivity index (χ3n) is 5.28. The monoisotopic (exact) mass is 319 g/mol. The van der Waals surface area contributed by atoms with Gasteiger partial charge in [-0.2, -0.15) is 0 Å². The molecule has 0 heteroatoms. The summed E-state index contributed by atoms with van der Waals surface area (Å²) < 4.78 is 0. The van der Waals surface area contributed by atoms with Crippen molar-refractivity contribution >= 4 is 27.6 Å². The van der Waals surface area contributed by atoms with Crippen LogP contribution in [0.5, 0.6) is 0 Å². The molecule has 0 unspecified atom stereocenters. The molecule has 0 bridgehead atoms. The van der Waals surface area contributed by atoms with Crippen LogP contribution in [0.2, 0.25) is 0 Å². The molecule has 0 heterocycles. The van der Waals surface area contributed by atoms with Crippen molar-refractivity contribution in [2.75, 3.05) is 0 Å². The fourth-order valence-electron chi connectivity index (χ4n) is 4.01. The summed E-state index contributed by atoms with van der Waals surface area (Å²) in [5.74, 6) is 0. The van der Waals surface area contributed by atoms with Gasteiger partial charge in [-0.3, -0.25) is 0 Å². The van der Waals surface area contributed by atoms with Crippen molar-refractivity contribution in [1.82, 2.24) is 0 Å². The molecule has 1 radical (unpaired) electrons. The minimum atomic E-state index is 1.08. The summed E-state index contributed by atoms with van der Waals surface area (Å²) in [5, 5.41) is 5.28. The molecule has 1 aliphatic carbocycles. The normalized spacial score (nSPS) is 13.2. The molecule has 4 aromatic rings. The Balaban J connectivity index is 1.88. The minimum Gasteiger partial charge on any atom is -0.0616 e. The molecule has 0 N–H and O–H groups in total. The largest absolute Gasteiger partial charge is 0.0616 e. The van der Waals surface area contributed by atoms with Gasteiger partial charge in [0.25, 0.3) is 0 Å². The first kappa shape index (κ1) is 14.5. The molecule has 1 aliphatic rings. The zero-order chi connectivity index (χ0) is 16.8. The Morgan fingerprint density at radius 2 is 1.44 bits per heavy atom. The Kier molecular flexibility index (Phi) is 3.24. The second kappa shape index (κ2) is 5.60. The Morgan fingerprint density at radius 1 is 0.680 bits per heavy atom. The lowest BCUT2D eigenvalue weighted by Gasteiger charge is -2.13. The highest BCUT2D eigenvalue weighted by atomic mass is 14.2. The molecule has 119 valence electrons. The van der Waals surface area contributed by atoms with E-state index in [1.807, 2.05) is 0 Å². The van der Waals surface area contributed by atoms with E-state index in [1.54, 1.807) is 0 Å². The van der Waals surface area contributed by atoms with Crippen LogP contribution in [-0.4, -0.2) is 0 Å². The topological polar surface area (TPSA) is 0 Å². The van der Waals surface area contributed by atoms with Gasteiger partial charge >= 0.3 is 0 Å². The van der Waals surface area contributed by atoms with E-state index in [2.05, 4.69) is 92.2 Å². The third kappa shape index (κ3) is 2.21. The second-order valence-electron chi connectivity index (χ2n) is 6.72. The van der Waals surface area contributed by atoms with Gasteiger partial charge in [-0.15, -0.1) is 0 Å². The van der Waals surface area contributed by atoms with Crippen molar-refractivity contribution < 1.29 is 0 Å². The van der Waals surface area contributed by atoms with Crippen LogP contribution in [0.25, 0.3) is 38.7 Å². The SMILES string of the molecule is CCC1=Cc2c(cccc2-c2cc3ccccc3c3ccccc23)[CH]1. The van der Waals surface area contributed by atoms with E-state index < -0.39 is 0 Å². The fraction of sp³-hybridized carbons (Fsp3) is 0.0800. The second-order valence-corrected chi connectivity index (χ2v) is 6.72. The fourth-order valence-corrected chi connectivity index (χ4v) is 4.01. The van der Waals surface area contributed by atoms with Gasteiger partial charge < -0.3 is 0 Å². The first-order valence-corrected chi connectivity index (χ1v) is 8.94. The molecular formula is C25H19. The van der Waals surface area contributed by atoms with Crippen molar-refractivity contribution in [3.8, 4) is 11.1 Å². The van der Waals surface area contributed by atoms with Gasteiger partial charge in [-0.25, -0.2) is 0 Å². The standard InChI is InChI=1S/C25H19/c1-2-17-14-18-9-7-13-23(24(18)15-17)25-16-19-8-3-4-10-20(19)21-11-5-6-12-22(21)25/h3-16H,2H2,1H3. The zero-order valence-corrected chi connectivity index (χ0v) is 14.3. The van der Waals surface area contributed by atoms with Crippen LogP contribution in [-0.2, 0) is 0 Å². The Hall–Kier alpha value is -2.86. The summed E-state index contributed by atoms with van der Waals surface area (Å²) in [6.07, 6.45) is 5.75. The number of allylic oxidation sites excluding steroid dienone is 1. The summed E-state index contributed by atoms with van der Waals surface area (Å²) in [4.78, 5) is 0. The third-order valence-corrected chi connectivity index (χ3v) is 5.28. The van der Waals surface area contributed by atoms with Gasteiger partial charge in [0.15, 0.2) is 0 Å². The van der Waals surface area contributed by atoms with Gasteiger partial charge in [-0.05, 0) is 56.3 Å². The maximum absolute atomic E-state index is 2.36. The van der Waals surface area contributed by atoms with Crippen molar-refractivity contribution in [3.63, 3.8) is 0 Å². The van der Waals surface area contributed by atoms with Gasteiger partial charge in [-0.1, -0.05) is 85.3 Å². The van der Waals surface area contributed by atoms with Crippen LogP contribution in [0, 0.1) is 6.42 Å². The van der Waals surface area contributed by atoms with Gasteiger partial charge in [0.05, 0.1) is 0 Å². The van der Waals surface area contributed by atoms with E-state index in [-0.39, 0.29) is 0 Å². The van der Waals surface area contributed by atoms with Crippen LogP contribution in [0.4, 0.5) is 0 Å². The summed E-state index contributed by atoms with van der Waals surface area (Å²) >= 11 is 0. The Bertz CT molecular complexity index is 1150. The number of hydrogen-bond acceptors (Lipinski definition) is 0. The molecule has 0 aliphatic heterocycles. The molecule has 0 aromatic heterocycles. The molecule has 0 saturated heterocycles. The number of hydrogen-bond donors (Lipinski definition) is 0. The van der Waals surface area contributed by atoms with Crippen molar-refractivity contribution in [2.24, 2.45) is 0 Å². The summed E-state index contributed by atoms with van der Waals surface area (Å²) in [5.41, 5.74) is 6.77. The Morgan fingerprint density at radius 3 is 2.28 bits per heavy atom. The molecule has 0 nitrogen and oxygen atoms in total. The van der Waals surface area contributed by atoms with Gasteiger partial charge in [0.1, 0.15) is 0 Å². The first-order chi connectivity index (χ1) is 12.3. The zero-order valence-electron chi connectivity index (χ0n) is 14.3. The predicted octanol–water partition coefficient (Wildman–Crippen LogP) is 7.02. The lowest BCUT2D eigenvalue weighted by molar-refractivity contribution is 1.14. The quantitative estimate of drug-likeness (QED) is 0.348. The average Bonchev–Trinajstić information content (AvgIpc) is 3.11. The number of rotatable bonds is 2. The number of benzene rings is 4. The lowest BCUT2D eigenvalue weighted by atomic mass is 9.90. The maximum Gasteiger partial charge on any atom is 0.0164 e. The van der Waals surface area contributed by atoms with Crippen LogP contribution in [0.15, 0.2) is 78.4 Å². The minimum absolute atomic E-state index is 1.08. The molecule has 0 amide bonds. The highest BCUT2D eigenvalue weighted by Gasteiger charge is 2.17. The van der Waals surface area contributed by atoms with E-state index in [0.717, 1.165) is 6.42 Å². The summed E-state index contributed by atoms with van der Waals surface area (Å²) in [6, 6.07) is 26.5. The molecule has 0 saturated carbocycles. The molecule has 0 atom stereocenters. The van der Waals surface area contributed by atoms with E-state index in [1.165, 1.54) is 49.4 Å². The summed E-state index contributed by atoms with van der Waals surface area (Å²) in [7, 11) is 0. The van der Waals surface area contributed by atoms with Crippen molar-refractivity contribution in [2.45, 2.75) is 13.3 Å². The predicted molar refractivity (Wildman–Crippen MR) is 109 cm³/mol. The van der Waals surface area contributed by atoms with Crippen molar-refractivity contribution in [3.05, 3.63) is 95.9 Å².